The second-order valence-electron chi connectivity index (χ2n) is 16.6. The van der Waals surface area contributed by atoms with Crippen molar-refractivity contribution in [1.82, 2.24) is 19.9 Å². The Bertz CT molecular complexity index is 3630. The summed E-state index contributed by atoms with van der Waals surface area (Å²) in [6.45, 7) is 0. The number of fused-ring (bicyclic) bond motifs is 4. The van der Waals surface area contributed by atoms with Crippen molar-refractivity contribution < 1.29 is 0 Å². The summed E-state index contributed by atoms with van der Waals surface area (Å²) in [7, 11) is 0. The molecule has 0 saturated carbocycles. The molecule has 0 spiro atoms. The molecule has 0 aliphatic heterocycles. The minimum absolute atomic E-state index is 0.619. The van der Waals surface area contributed by atoms with E-state index in [-0.39, 0.29) is 0 Å². The molecule has 10 aromatic carbocycles. The van der Waals surface area contributed by atoms with Gasteiger partial charge in [-0.05, 0) is 96.4 Å². The van der Waals surface area contributed by atoms with Crippen LogP contribution in [0.15, 0.2) is 243 Å². The van der Waals surface area contributed by atoms with Crippen molar-refractivity contribution >= 4 is 32.4 Å². The van der Waals surface area contributed by atoms with Crippen molar-refractivity contribution in [3.8, 4) is 89.9 Å². The first-order valence-corrected chi connectivity index (χ1v) is 22.3. The molecule has 12 aromatic rings. The van der Waals surface area contributed by atoms with E-state index >= 15 is 0 Å². The molecule has 0 unspecified atom stereocenters. The highest BCUT2D eigenvalue weighted by Gasteiger charge is 2.18. The summed E-state index contributed by atoms with van der Waals surface area (Å²) >= 11 is 0. The molecule has 66 heavy (non-hydrogen) atoms. The first-order chi connectivity index (χ1) is 32.7. The van der Waals surface area contributed by atoms with Gasteiger partial charge in [0.05, 0.1) is 11.2 Å². The van der Waals surface area contributed by atoms with E-state index in [2.05, 4.69) is 224 Å². The van der Waals surface area contributed by atoms with Gasteiger partial charge in [0.15, 0.2) is 17.5 Å². The Labute approximate surface area is 383 Å². The van der Waals surface area contributed by atoms with Crippen LogP contribution < -0.4 is 0 Å². The number of pyridine rings is 1. The van der Waals surface area contributed by atoms with Crippen LogP contribution in [0.1, 0.15) is 0 Å². The SMILES string of the molecule is c1ccc(-c2cccc(-c3nc(-c4cccc(-c5ccccc5)c4)nc(-c4ccc(-c5ccc(-c6cc(-c7ccccc7)nc7ccc8ccccc8c67)cc5)c5ccccc45)n3)c2)cc1. The van der Waals surface area contributed by atoms with Crippen LogP contribution in [0.2, 0.25) is 0 Å². The summed E-state index contributed by atoms with van der Waals surface area (Å²) < 4.78 is 0. The fourth-order valence-corrected chi connectivity index (χ4v) is 9.26. The summed E-state index contributed by atoms with van der Waals surface area (Å²) in [5.74, 6) is 1.86. The molecule has 12 rings (SSSR count). The third-order valence-electron chi connectivity index (χ3n) is 12.5. The fraction of sp³-hybridized carbons (Fsp3) is 0. The number of hydrogen-bond donors (Lipinski definition) is 0. The van der Waals surface area contributed by atoms with E-state index in [1.807, 2.05) is 18.2 Å². The van der Waals surface area contributed by atoms with Crippen LogP contribution in [0.25, 0.3) is 122 Å². The smallest absolute Gasteiger partial charge is 0.164 e. The topological polar surface area (TPSA) is 51.6 Å². The molecule has 4 nitrogen and oxygen atoms in total. The van der Waals surface area contributed by atoms with Crippen LogP contribution in [-0.4, -0.2) is 19.9 Å². The Morgan fingerprint density at radius 2 is 0.682 bits per heavy atom. The molecule has 0 aliphatic carbocycles. The molecule has 0 fully saturated rings. The molecule has 0 bridgehead atoms. The van der Waals surface area contributed by atoms with Gasteiger partial charge in [0.25, 0.3) is 0 Å². The lowest BCUT2D eigenvalue weighted by Gasteiger charge is -2.15. The summed E-state index contributed by atoms with van der Waals surface area (Å²) in [6.07, 6.45) is 0. The van der Waals surface area contributed by atoms with Gasteiger partial charge in [-0.1, -0.05) is 212 Å². The molecule has 308 valence electrons. The van der Waals surface area contributed by atoms with E-state index in [0.717, 1.165) is 94.1 Å². The predicted octanol–water partition coefficient (Wildman–Crippen LogP) is 16.1. The van der Waals surface area contributed by atoms with Gasteiger partial charge < -0.3 is 0 Å². The van der Waals surface area contributed by atoms with Crippen molar-refractivity contribution in [2.75, 3.05) is 0 Å². The van der Waals surface area contributed by atoms with Gasteiger partial charge >= 0.3 is 0 Å². The lowest BCUT2D eigenvalue weighted by atomic mass is 9.91. The lowest BCUT2D eigenvalue weighted by Crippen LogP contribution is -2.01. The molecular formula is C62H40N4. The van der Waals surface area contributed by atoms with E-state index in [1.54, 1.807) is 0 Å². The summed E-state index contributed by atoms with van der Waals surface area (Å²) in [6, 6.07) is 85.3. The Balaban J connectivity index is 0.982. The Morgan fingerprint density at radius 1 is 0.227 bits per heavy atom. The predicted molar refractivity (Wildman–Crippen MR) is 274 cm³/mol. The highest BCUT2D eigenvalue weighted by molar-refractivity contribution is 6.14. The highest BCUT2D eigenvalue weighted by Crippen LogP contribution is 2.40. The summed E-state index contributed by atoms with van der Waals surface area (Å²) in [5, 5.41) is 5.74. The highest BCUT2D eigenvalue weighted by atomic mass is 15.0. The third kappa shape index (κ3) is 7.27. The van der Waals surface area contributed by atoms with Gasteiger partial charge in [-0.15, -0.1) is 0 Å². The molecule has 4 heteroatoms. The molecule has 2 heterocycles. The average Bonchev–Trinajstić information content (AvgIpc) is 3.41. The molecule has 0 aliphatic rings. The van der Waals surface area contributed by atoms with E-state index in [0.29, 0.717) is 17.5 Å². The van der Waals surface area contributed by atoms with Crippen LogP contribution in [0.5, 0.6) is 0 Å². The van der Waals surface area contributed by atoms with Crippen LogP contribution in [0.3, 0.4) is 0 Å². The van der Waals surface area contributed by atoms with Crippen molar-refractivity contribution in [1.29, 1.82) is 0 Å². The molecule has 0 radical (unpaired) electrons. The maximum Gasteiger partial charge on any atom is 0.164 e. The molecule has 0 atom stereocenters. The minimum atomic E-state index is 0.619. The number of aromatic nitrogens is 4. The molecular weight excluding hydrogens is 801 g/mol. The van der Waals surface area contributed by atoms with Crippen LogP contribution in [-0.2, 0) is 0 Å². The second kappa shape index (κ2) is 16.7. The average molecular weight is 841 g/mol. The first-order valence-electron chi connectivity index (χ1n) is 22.3. The van der Waals surface area contributed by atoms with Crippen LogP contribution >= 0.6 is 0 Å². The largest absolute Gasteiger partial charge is 0.248 e. The second-order valence-corrected chi connectivity index (χ2v) is 16.6. The number of hydrogen-bond acceptors (Lipinski definition) is 4. The van der Waals surface area contributed by atoms with Gasteiger partial charge in [-0.3, -0.25) is 0 Å². The van der Waals surface area contributed by atoms with Crippen molar-refractivity contribution in [3.63, 3.8) is 0 Å². The van der Waals surface area contributed by atoms with Crippen LogP contribution in [0.4, 0.5) is 0 Å². The molecule has 2 aromatic heterocycles. The number of rotatable bonds is 8. The first kappa shape index (κ1) is 38.8. The maximum absolute atomic E-state index is 5.26. The van der Waals surface area contributed by atoms with Crippen molar-refractivity contribution in [2.45, 2.75) is 0 Å². The van der Waals surface area contributed by atoms with Gasteiger partial charge in [-0.2, -0.15) is 0 Å². The van der Waals surface area contributed by atoms with Crippen molar-refractivity contribution in [3.05, 3.63) is 243 Å². The van der Waals surface area contributed by atoms with E-state index in [4.69, 9.17) is 19.9 Å². The zero-order chi connectivity index (χ0) is 43.8. The van der Waals surface area contributed by atoms with Crippen molar-refractivity contribution in [2.24, 2.45) is 0 Å². The third-order valence-corrected chi connectivity index (χ3v) is 12.5. The van der Waals surface area contributed by atoms with Gasteiger partial charge in [-0.25, -0.2) is 19.9 Å². The Hall–Kier alpha value is -8.86. The normalized spacial score (nSPS) is 11.3. The van der Waals surface area contributed by atoms with E-state index < -0.39 is 0 Å². The quantitative estimate of drug-likeness (QED) is 0.143. The zero-order valence-electron chi connectivity index (χ0n) is 35.9. The van der Waals surface area contributed by atoms with Gasteiger partial charge in [0.1, 0.15) is 0 Å². The number of benzene rings is 10. The maximum atomic E-state index is 5.26. The van der Waals surface area contributed by atoms with E-state index in [1.165, 1.54) is 10.8 Å². The molecule has 0 amide bonds. The Morgan fingerprint density at radius 3 is 1.29 bits per heavy atom. The summed E-state index contributed by atoms with van der Waals surface area (Å²) in [5.41, 5.74) is 14.9. The molecule has 0 saturated heterocycles. The van der Waals surface area contributed by atoms with E-state index in [9.17, 15) is 0 Å². The van der Waals surface area contributed by atoms with Crippen LogP contribution in [0, 0.1) is 0 Å². The number of nitrogens with zero attached hydrogens (tertiary/aromatic N) is 4. The Kier molecular flexibility index (Phi) is 9.81. The fourth-order valence-electron chi connectivity index (χ4n) is 9.26. The monoisotopic (exact) mass is 840 g/mol. The van der Waals surface area contributed by atoms with Gasteiger partial charge in [0.2, 0.25) is 0 Å². The van der Waals surface area contributed by atoms with Gasteiger partial charge in [0, 0.05) is 27.6 Å². The summed E-state index contributed by atoms with van der Waals surface area (Å²) in [4.78, 5) is 20.9. The standard InChI is InChI=1S/C62H40N4/c1-4-16-41(17-5-1)47-23-14-25-49(38-47)60-64-61(50-26-15-24-48(39-50)42-18-6-2-7-19-42)66-62(65-60)55-36-35-51(53-28-12-13-29-54(53)55)44-30-32-45(33-31-44)56-40-58(46-21-8-3-9-22-46)63-57-37-34-43-20-10-11-27-52(43)59(56)57/h1-40H. The zero-order valence-corrected chi connectivity index (χ0v) is 35.9. The minimum Gasteiger partial charge on any atom is -0.248 e. The molecule has 0 N–H and O–H groups in total. The lowest BCUT2D eigenvalue weighted by molar-refractivity contribution is 1.08.